The number of carbonyl (C=O) groups is 1. The van der Waals surface area contributed by atoms with Crippen LogP contribution in [0.4, 0.5) is 5.69 Å². The van der Waals surface area contributed by atoms with E-state index in [0.717, 1.165) is 48.5 Å². The van der Waals surface area contributed by atoms with E-state index in [1.54, 1.807) is 7.11 Å². The molecule has 5 rings (SSSR count). The van der Waals surface area contributed by atoms with Gasteiger partial charge in [0.2, 0.25) is 5.91 Å². The molecule has 3 heteroatoms. The number of hydrogen-bond acceptors (Lipinski definition) is 2. The van der Waals surface area contributed by atoms with Crippen molar-refractivity contribution in [2.24, 2.45) is 23.2 Å². The summed E-state index contributed by atoms with van der Waals surface area (Å²) in [7, 11) is 1.66. The van der Waals surface area contributed by atoms with E-state index in [2.05, 4.69) is 5.32 Å². The SMILES string of the molecule is COc1ccc(NC(=O)C23CCC4C[C@H](C[C@H](C4)C2)C3)cc1. The van der Waals surface area contributed by atoms with Crippen LogP contribution in [0.25, 0.3) is 0 Å². The highest BCUT2D eigenvalue weighted by atomic mass is 16.5. The van der Waals surface area contributed by atoms with Crippen LogP contribution in [0.3, 0.4) is 0 Å². The van der Waals surface area contributed by atoms with Crippen LogP contribution < -0.4 is 10.1 Å². The van der Waals surface area contributed by atoms with Crippen LogP contribution in [-0.2, 0) is 4.79 Å². The lowest BCUT2D eigenvalue weighted by Gasteiger charge is -2.44. The molecule has 4 atom stereocenters. The van der Waals surface area contributed by atoms with E-state index in [1.807, 2.05) is 24.3 Å². The van der Waals surface area contributed by atoms with Crippen LogP contribution in [-0.4, -0.2) is 13.0 Å². The van der Waals surface area contributed by atoms with E-state index >= 15 is 0 Å². The van der Waals surface area contributed by atoms with Gasteiger partial charge in [-0.25, -0.2) is 0 Å². The van der Waals surface area contributed by atoms with Crippen molar-refractivity contribution in [1.82, 2.24) is 0 Å². The summed E-state index contributed by atoms with van der Waals surface area (Å²) < 4.78 is 5.18. The normalized spacial score (nSPS) is 36.0. The number of ether oxygens (including phenoxy) is 1. The zero-order valence-electron chi connectivity index (χ0n) is 13.3. The van der Waals surface area contributed by atoms with Gasteiger partial charge in [0.25, 0.3) is 0 Å². The zero-order valence-corrected chi connectivity index (χ0v) is 13.3. The fraction of sp³-hybridized carbons (Fsp3) is 0.632. The second-order valence-electron chi connectivity index (χ2n) is 7.72. The topological polar surface area (TPSA) is 38.3 Å². The molecule has 4 aliphatic carbocycles. The largest absolute Gasteiger partial charge is 0.497 e. The lowest BCUT2D eigenvalue weighted by atomic mass is 9.61. The van der Waals surface area contributed by atoms with Crippen LogP contribution in [0.15, 0.2) is 24.3 Å². The van der Waals surface area contributed by atoms with Gasteiger partial charge in [-0.1, -0.05) is 0 Å². The van der Waals surface area contributed by atoms with E-state index < -0.39 is 0 Å². The summed E-state index contributed by atoms with van der Waals surface area (Å²) in [6.07, 6.45) is 8.68. The maximum atomic E-state index is 13.0. The maximum absolute atomic E-state index is 13.0. The minimum absolute atomic E-state index is 0.0985. The fourth-order valence-electron chi connectivity index (χ4n) is 5.38. The smallest absolute Gasteiger partial charge is 0.230 e. The van der Waals surface area contributed by atoms with Gasteiger partial charge in [-0.05, 0) is 87.0 Å². The van der Waals surface area contributed by atoms with E-state index in [-0.39, 0.29) is 11.3 Å². The van der Waals surface area contributed by atoms with E-state index in [0.29, 0.717) is 0 Å². The standard InChI is InChI=1S/C19H25NO2/c1-22-17-4-2-16(3-5-17)20-18(21)19-7-6-13-8-14(11-19)10-15(9-13)12-19/h2-5,13-15H,6-12H2,1H3,(H,20,21)/t13?,14-,15+,19?. The monoisotopic (exact) mass is 299 g/mol. The van der Waals surface area contributed by atoms with Crippen LogP contribution in [0.5, 0.6) is 5.75 Å². The Labute approximate surface area is 132 Å². The molecule has 118 valence electrons. The van der Waals surface area contributed by atoms with Gasteiger partial charge in [0.05, 0.1) is 12.5 Å². The number of carbonyl (C=O) groups excluding carboxylic acids is 1. The molecule has 0 radical (unpaired) electrons. The van der Waals surface area contributed by atoms with Gasteiger partial charge >= 0.3 is 0 Å². The molecule has 22 heavy (non-hydrogen) atoms. The third kappa shape index (κ3) is 2.41. The van der Waals surface area contributed by atoms with Crippen molar-refractivity contribution in [3.05, 3.63) is 24.3 Å². The molecule has 4 saturated carbocycles. The summed E-state index contributed by atoms with van der Waals surface area (Å²) in [4.78, 5) is 13.0. The molecule has 4 aliphatic rings. The fourth-order valence-corrected chi connectivity index (χ4v) is 5.38. The third-order valence-electron chi connectivity index (χ3n) is 6.22. The molecule has 4 bridgehead atoms. The predicted molar refractivity (Wildman–Crippen MR) is 86.8 cm³/mol. The molecule has 1 aromatic rings. The number of amides is 1. The summed E-state index contributed by atoms with van der Waals surface area (Å²) in [6, 6.07) is 7.68. The Bertz CT molecular complexity index is 551. The van der Waals surface area contributed by atoms with E-state index in [9.17, 15) is 4.79 Å². The van der Waals surface area contributed by atoms with Crippen LogP contribution in [0, 0.1) is 23.2 Å². The highest BCUT2D eigenvalue weighted by molar-refractivity contribution is 5.95. The summed E-state index contributed by atoms with van der Waals surface area (Å²) in [5.74, 6) is 3.56. The van der Waals surface area contributed by atoms with Gasteiger partial charge in [0.1, 0.15) is 5.75 Å². The average Bonchev–Trinajstić information content (AvgIpc) is 2.73. The first-order valence-electron chi connectivity index (χ1n) is 8.62. The third-order valence-corrected chi connectivity index (χ3v) is 6.22. The highest BCUT2D eigenvalue weighted by Crippen LogP contribution is 2.57. The second-order valence-corrected chi connectivity index (χ2v) is 7.72. The minimum Gasteiger partial charge on any atom is -0.497 e. The molecule has 0 aromatic heterocycles. The Morgan fingerprint density at radius 2 is 1.73 bits per heavy atom. The van der Waals surface area contributed by atoms with Gasteiger partial charge in [0.15, 0.2) is 0 Å². The molecule has 2 unspecified atom stereocenters. The van der Waals surface area contributed by atoms with Crippen molar-refractivity contribution in [3.63, 3.8) is 0 Å². The van der Waals surface area contributed by atoms with E-state index in [4.69, 9.17) is 4.74 Å². The highest BCUT2D eigenvalue weighted by Gasteiger charge is 2.51. The first-order valence-corrected chi connectivity index (χ1v) is 8.62. The minimum atomic E-state index is -0.0985. The van der Waals surface area contributed by atoms with Gasteiger partial charge in [-0.2, -0.15) is 0 Å². The first-order chi connectivity index (χ1) is 10.7. The summed E-state index contributed by atoms with van der Waals surface area (Å²) in [5, 5.41) is 3.18. The van der Waals surface area contributed by atoms with Crippen molar-refractivity contribution >= 4 is 11.6 Å². The number of benzene rings is 1. The molecule has 0 spiro atoms. The van der Waals surface area contributed by atoms with Crippen molar-refractivity contribution in [2.45, 2.75) is 44.9 Å². The summed E-state index contributed by atoms with van der Waals surface area (Å²) in [6.45, 7) is 0. The quantitative estimate of drug-likeness (QED) is 0.906. The maximum Gasteiger partial charge on any atom is 0.230 e. The number of anilines is 1. The average molecular weight is 299 g/mol. The second kappa shape index (κ2) is 5.29. The number of hydrogen-bond donors (Lipinski definition) is 1. The summed E-state index contributed by atoms with van der Waals surface area (Å²) in [5.41, 5.74) is 0.789. The van der Waals surface area contributed by atoms with Crippen LogP contribution in [0.1, 0.15) is 44.9 Å². The first kappa shape index (κ1) is 14.1. The molecule has 0 saturated heterocycles. The lowest BCUT2D eigenvalue weighted by molar-refractivity contribution is -0.130. The van der Waals surface area contributed by atoms with Crippen LogP contribution in [0.2, 0.25) is 0 Å². The number of methoxy groups -OCH3 is 1. The Balaban J connectivity index is 1.53. The molecule has 1 aromatic carbocycles. The number of fused-ring (bicyclic) bond motifs is 1. The zero-order chi connectivity index (χ0) is 15.2. The van der Waals surface area contributed by atoms with E-state index in [1.165, 1.54) is 25.7 Å². The van der Waals surface area contributed by atoms with Crippen molar-refractivity contribution in [3.8, 4) is 5.75 Å². The molecule has 0 heterocycles. The molecule has 1 amide bonds. The Morgan fingerprint density at radius 3 is 2.36 bits per heavy atom. The van der Waals surface area contributed by atoms with Crippen molar-refractivity contribution < 1.29 is 9.53 Å². The van der Waals surface area contributed by atoms with Crippen molar-refractivity contribution in [2.75, 3.05) is 12.4 Å². The predicted octanol–water partition coefficient (Wildman–Crippen LogP) is 4.24. The Kier molecular flexibility index (Phi) is 3.39. The Hall–Kier alpha value is -1.51. The summed E-state index contributed by atoms with van der Waals surface area (Å²) >= 11 is 0. The molecule has 3 nitrogen and oxygen atoms in total. The molecule has 4 fully saturated rings. The van der Waals surface area contributed by atoms with Gasteiger partial charge in [0, 0.05) is 5.69 Å². The molecular formula is C19H25NO2. The Morgan fingerprint density at radius 1 is 1.09 bits per heavy atom. The van der Waals surface area contributed by atoms with Gasteiger partial charge in [-0.15, -0.1) is 0 Å². The molecular weight excluding hydrogens is 274 g/mol. The van der Waals surface area contributed by atoms with Crippen LogP contribution >= 0.6 is 0 Å². The van der Waals surface area contributed by atoms with Crippen molar-refractivity contribution in [1.29, 1.82) is 0 Å². The lowest BCUT2D eigenvalue weighted by Crippen LogP contribution is -2.42. The van der Waals surface area contributed by atoms with Gasteiger partial charge < -0.3 is 10.1 Å². The molecule has 0 aliphatic heterocycles. The number of nitrogens with one attached hydrogen (secondary N) is 1. The van der Waals surface area contributed by atoms with Gasteiger partial charge in [-0.3, -0.25) is 4.79 Å². The molecule has 1 N–H and O–H groups in total. The number of rotatable bonds is 3.